The first-order valence-corrected chi connectivity index (χ1v) is 7.64. The molecule has 0 aliphatic heterocycles. The van der Waals surface area contributed by atoms with Crippen molar-refractivity contribution in [1.82, 2.24) is 4.98 Å². The minimum absolute atomic E-state index is 0.0216. The molecular formula is C16H17N2O3S-. The number of aliphatic carboxylic acids is 1. The molecule has 1 N–H and O–H groups in total. The van der Waals surface area contributed by atoms with Crippen LogP contribution in [0.3, 0.4) is 0 Å². The number of aromatic nitrogens is 1. The second kappa shape index (κ2) is 7.61. The average molecular weight is 317 g/mol. The molecule has 0 aliphatic carbocycles. The molecule has 0 saturated heterocycles. The molecule has 5 nitrogen and oxygen atoms in total. The first kappa shape index (κ1) is 16.0. The molecule has 1 heterocycles. The lowest BCUT2D eigenvalue weighted by atomic mass is 10.1. The quantitative estimate of drug-likeness (QED) is 0.755. The number of carboxylic acids is 1. The van der Waals surface area contributed by atoms with Crippen LogP contribution in [0.25, 0.3) is 11.3 Å². The summed E-state index contributed by atoms with van der Waals surface area (Å²) >= 11 is 1.45. The molecule has 0 bridgehead atoms. The van der Waals surface area contributed by atoms with Gasteiger partial charge in [-0.3, -0.25) is 0 Å². The van der Waals surface area contributed by atoms with Crippen molar-refractivity contribution in [2.45, 2.75) is 12.8 Å². The van der Waals surface area contributed by atoms with Crippen molar-refractivity contribution in [1.29, 1.82) is 0 Å². The summed E-state index contributed by atoms with van der Waals surface area (Å²) in [6.45, 7) is 4.26. The second-order valence-electron chi connectivity index (χ2n) is 4.56. The number of ether oxygens (including phenoxy) is 1. The molecule has 116 valence electrons. The summed E-state index contributed by atoms with van der Waals surface area (Å²) in [5, 5.41) is 14.6. The SMILES string of the molecule is C=CCNc1nc(-c2ccc(OC)cc2)c(CCC(=O)[O-])s1. The normalized spacial score (nSPS) is 10.2. The highest BCUT2D eigenvalue weighted by Gasteiger charge is 2.13. The van der Waals surface area contributed by atoms with Crippen LogP contribution >= 0.6 is 11.3 Å². The van der Waals surface area contributed by atoms with Gasteiger partial charge in [-0.05, 0) is 37.1 Å². The predicted molar refractivity (Wildman–Crippen MR) is 86.1 cm³/mol. The van der Waals surface area contributed by atoms with Gasteiger partial charge in [0.05, 0.1) is 12.8 Å². The van der Waals surface area contributed by atoms with Gasteiger partial charge in [0.15, 0.2) is 5.13 Å². The van der Waals surface area contributed by atoms with Crippen molar-refractivity contribution in [3.05, 3.63) is 41.8 Å². The molecule has 1 aromatic heterocycles. The maximum Gasteiger partial charge on any atom is 0.183 e. The number of hydrogen-bond donors (Lipinski definition) is 1. The maximum absolute atomic E-state index is 10.7. The van der Waals surface area contributed by atoms with Gasteiger partial charge in [-0.2, -0.15) is 0 Å². The Morgan fingerprint density at radius 2 is 2.18 bits per heavy atom. The van der Waals surface area contributed by atoms with E-state index < -0.39 is 5.97 Å². The number of anilines is 1. The van der Waals surface area contributed by atoms with Crippen LogP contribution < -0.4 is 15.2 Å². The minimum Gasteiger partial charge on any atom is -0.550 e. The monoisotopic (exact) mass is 317 g/mol. The predicted octanol–water partition coefficient (Wildman–Crippen LogP) is 2.10. The molecule has 2 rings (SSSR count). The summed E-state index contributed by atoms with van der Waals surface area (Å²) in [7, 11) is 1.61. The molecule has 0 amide bonds. The number of methoxy groups -OCH3 is 1. The van der Waals surface area contributed by atoms with Crippen molar-refractivity contribution in [3.8, 4) is 17.0 Å². The first-order valence-electron chi connectivity index (χ1n) is 6.82. The van der Waals surface area contributed by atoms with E-state index in [4.69, 9.17) is 4.74 Å². The third-order valence-corrected chi connectivity index (χ3v) is 4.09. The van der Waals surface area contributed by atoms with Gasteiger partial charge in [0, 0.05) is 23.0 Å². The molecule has 0 aliphatic rings. The fourth-order valence-electron chi connectivity index (χ4n) is 1.95. The lowest BCUT2D eigenvalue weighted by Crippen LogP contribution is -2.22. The third-order valence-electron chi connectivity index (χ3n) is 3.01. The van der Waals surface area contributed by atoms with Gasteiger partial charge in [-0.25, -0.2) is 4.98 Å². The van der Waals surface area contributed by atoms with Crippen LogP contribution in [0.1, 0.15) is 11.3 Å². The molecule has 0 atom stereocenters. The van der Waals surface area contributed by atoms with Crippen molar-refractivity contribution in [2.75, 3.05) is 19.0 Å². The molecule has 0 radical (unpaired) electrons. The van der Waals surface area contributed by atoms with Crippen LogP contribution in [0, 0.1) is 0 Å². The Kier molecular flexibility index (Phi) is 5.55. The summed E-state index contributed by atoms with van der Waals surface area (Å²) in [5.74, 6) is -0.296. The van der Waals surface area contributed by atoms with Crippen LogP contribution in [0.15, 0.2) is 36.9 Å². The number of thiazole rings is 1. The number of hydrogen-bond acceptors (Lipinski definition) is 6. The number of nitrogens with zero attached hydrogens (tertiary/aromatic N) is 1. The van der Waals surface area contributed by atoms with Crippen LogP contribution in [0.2, 0.25) is 0 Å². The molecule has 0 fully saturated rings. The van der Waals surface area contributed by atoms with E-state index in [9.17, 15) is 9.90 Å². The van der Waals surface area contributed by atoms with Gasteiger partial charge in [0.25, 0.3) is 0 Å². The van der Waals surface area contributed by atoms with Crippen molar-refractivity contribution in [2.24, 2.45) is 0 Å². The van der Waals surface area contributed by atoms with Gasteiger partial charge in [-0.15, -0.1) is 17.9 Å². The number of carbonyl (C=O) groups is 1. The van der Waals surface area contributed by atoms with Crippen LogP contribution in [-0.4, -0.2) is 24.6 Å². The Balaban J connectivity index is 2.30. The Morgan fingerprint density at radius 1 is 1.45 bits per heavy atom. The third kappa shape index (κ3) is 4.08. The average Bonchev–Trinajstić information content (AvgIpc) is 2.94. The summed E-state index contributed by atoms with van der Waals surface area (Å²) in [6, 6.07) is 7.53. The Bertz CT molecular complexity index is 650. The Morgan fingerprint density at radius 3 is 2.77 bits per heavy atom. The Labute approximate surface area is 133 Å². The summed E-state index contributed by atoms with van der Waals surface area (Å²) in [6.07, 6.45) is 2.12. The molecule has 0 saturated carbocycles. The number of carboxylic acid groups (broad SMARTS) is 1. The van der Waals surface area contributed by atoms with Gasteiger partial charge >= 0.3 is 0 Å². The van der Waals surface area contributed by atoms with Gasteiger partial charge in [-0.1, -0.05) is 6.08 Å². The minimum atomic E-state index is -1.06. The zero-order valence-electron chi connectivity index (χ0n) is 12.3. The first-order chi connectivity index (χ1) is 10.6. The zero-order chi connectivity index (χ0) is 15.9. The second-order valence-corrected chi connectivity index (χ2v) is 5.64. The highest BCUT2D eigenvalue weighted by atomic mass is 32.1. The van der Waals surface area contributed by atoms with E-state index in [0.29, 0.717) is 13.0 Å². The molecule has 0 spiro atoms. The van der Waals surface area contributed by atoms with Crippen molar-refractivity contribution < 1.29 is 14.6 Å². The number of nitrogens with one attached hydrogen (secondary N) is 1. The summed E-state index contributed by atoms with van der Waals surface area (Å²) in [4.78, 5) is 16.2. The lowest BCUT2D eigenvalue weighted by molar-refractivity contribution is -0.305. The van der Waals surface area contributed by atoms with Crippen LogP contribution in [0.4, 0.5) is 5.13 Å². The van der Waals surface area contributed by atoms with E-state index in [1.807, 2.05) is 24.3 Å². The van der Waals surface area contributed by atoms with E-state index in [2.05, 4.69) is 16.9 Å². The summed E-state index contributed by atoms with van der Waals surface area (Å²) < 4.78 is 5.15. The van der Waals surface area contributed by atoms with Crippen molar-refractivity contribution in [3.63, 3.8) is 0 Å². The molecule has 2 aromatic rings. The smallest absolute Gasteiger partial charge is 0.183 e. The Hall–Kier alpha value is -2.34. The molecule has 6 heteroatoms. The van der Waals surface area contributed by atoms with Gasteiger partial charge < -0.3 is 20.0 Å². The number of benzene rings is 1. The van der Waals surface area contributed by atoms with E-state index in [1.54, 1.807) is 13.2 Å². The fraction of sp³-hybridized carbons (Fsp3) is 0.250. The van der Waals surface area contributed by atoms with Crippen LogP contribution in [-0.2, 0) is 11.2 Å². The number of aryl methyl sites for hydroxylation is 1. The van der Waals surface area contributed by atoms with E-state index in [1.165, 1.54) is 11.3 Å². The topological polar surface area (TPSA) is 74.3 Å². The zero-order valence-corrected chi connectivity index (χ0v) is 13.1. The number of rotatable bonds is 8. The maximum atomic E-state index is 10.7. The van der Waals surface area contributed by atoms with Gasteiger partial charge in [0.2, 0.25) is 0 Å². The highest BCUT2D eigenvalue weighted by Crippen LogP contribution is 2.32. The largest absolute Gasteiger partial charge is 0.550 e. The molecule has 1 aromatic carbocycles. The molecular weight excluding hydrogens is 300 g/mol. The van der Waals surface area contributed by atoms with E-state index >= 15 is 0 Å². The summed E-state index contributed by atoms with van der Waals surface area (Å²) in [5.41, 5.74) is 1.72. The van der Waals surface area contributed by atoms with Crippen LogP contribution in [0.5, 0.6) is 5.75 Å². The van der Waals surface area contributed by atoms with E-state index in [0.717, 1.165) is 27.0 Å². The standard InChI is InChI=1S/C16H18N2O3S/c1-3-10-17-16-18-15(13(22-16)8-9-14(19)20)11-4-6-12(21-2)7-5-11/h3-7H,1,8-10H2,2H3,(H,17,18)(H,19,20)/p-1. The van der Waals surface area contributed by atoms with E-state index in [-0.39, 0.29) is 6.42 Å². The fourth-order valence-corrected chi connectivity index (χ4v) is 2.94. The highest BCUT2D eigenvalue weighted by molar-refractivity contribution is 7.16. The molecule has 22 heavy (non-hydrogen) atoms. The van der Waals surface area contributed by atoms with Gasteiger partial charge in [0.1, 0.15) is 5.75 Å². The van der Waals surface area contributed by atoms with Crippen molar-refractivity contribution >= 4 is 22.4 Å². The number of carbonyl (C=O) groups excluding carboxylic acids is 1. The molecule has 0 unspecified atom stereocenters. The lowest BCUT2D eigenvalue weighted by Gasteiger charge is -2.04.